The summed E-state index contributed by atoms with van der Waals surface area (Å²) in [5, 5.41) is 3.54. The Kier molecular flexibility index (Phi) is 3.68. The van der Waals surface area contributed by atoms with Gasteiger partial charge in [-0.15, -0.1) is 0 Å². The number of hydrogen-bond acceptors (Lipinski definition) is 2. The first-order chi connectivity index (χ1) is 7.16. The summed E-state index contributed by atoms with van der Waals surface area (Å²) >= 11 is 0. The molecular weight excluding hydrogens is 186 g/mol. The van der Waals surface area contributed by atoms with E-state index in [0.29, 0.717) is 11.5 Å². The van der Waals surface area contributed by atoms with Gasteiger partial charge in [-0.3, -0.25) is 0 Å². The predicted molar refractivity (Wildman–Crippen MR) is 63.0 cm³/mol. The second kappa shape index (κ2) is 4.84. The first-order valence-electron chi connectivity index (χ1n) is 6.48. The minimum Gasteiger partial charge on any atom is -0.376 e. The summed E-state index contributed by atoms with van der Waals surface area (Å²) in [5.74, 6) is 0.943. The van der Waals surface area contributed by atoms with Crippen molar-refractivity contribution >= 4 is 0 Å². The summed E-state index contributed by atoms with van der Waals surface area (Å²) in [6.45, 7) is 7.61. The fourth-order valence-corrected chi connectivity index (χ4v) is 2.79. The van der Waals surface area contributed by atoms with Crippen molar-refractivity contribution in [3.8, 4) is 0 Å². The van der Waals surface area contributed by atoms with Crippen molar-refractivity contribution in [2.45, 2.75) is 52.1 Å². The average Bonchev–Trinajstić information content (AvgIpc) is 2.60. The zero-order chi connectivity index (χ0) is 10.7. The molecule has 0 amide bonds. The molecule has 1 saturated carbocycles. The average molecular weight is 211 g/mol. The molecule has 0 radical (unpaired) electrons. The maximum Gasteiger partial charge on any atom is 0.0702 e. The van der Waals surface area contributed by atoms with Crippen LogP contribution in [0, 0.1) is 11.3 Å². The zero-order valence-electron chi connectivity index (χ0n) is 10.2. The Morgan fingerprint density at radius 3 is 2.73 bits per heavy atom. The monoisotopic (exact) mass is 211 g/mol. The SMILES string of the molecule is CC1(C)CNCC(CC2CCCC2)OC1. The van der Waals surface area contributed by atoms with Gasteiger partial charge in [-0.25, -0.2) is 0 Å². The Labute approximate surface area is 93.8 Å². The van der Waals surface area contributed by atoms with Crippen molar-refractivity contribution in [1.29, 1.82) is 0 Å². The molecule has 2 rings (SSSR count). The molecule has 1 N–H and O–H groups in total. The van der Waals surface area contributed by atoms with Crippen LogP contribution < -0.4 is 5.32 Å². The van der Waals surface area contributed by atoms with Gasteiger partial charge >= 0.3 is 0 Å². The highest BCUT2D eigenvalue weighted by atomic mass is 16.5. The third kappa shape index (κ3) is 3.46. The van der Waals surface area contributed by atoms with Crippen molar-refractivity contribution in [1.82, 2.24) is 5.32 Å². The maximum absolute atomic E-state index is 6.02. The highest BCUT2D eigenvalue weighted by Gasteiger charge is 2.27. The van der Waals surface area contributed by atoms with E-state index in [2.05, 4.69) is 19.2 Å². The van der Waals surface area contributed by atoms with Gasteiger partial charge < -0.3 is 10.1 Å². The molecule has 2 fully saturated rings. The molecule has 0 spiro atoms. The highest BCUT2D eigenvalue weighted by Crippen LogP contribution is 2.30. The van der Waals surface area contributed by atoms with E-state index in [4.69, 9.17) is 4.74 Å². The third-order valence-corrected chi connectivity index (χ3v) is 3.76. The molecule has 0 aromatic heterocycles. The van der Waals surface area contributed by atoms with Crippen LogP contribution in [0.5, 0.6) is 0 Å². The fraction of sp³-hybridized carbons (Fsp3) is 1.00. The predicted octanol–water partition coefficient (Wildman–Crippen LogP) is 2.58. The lowest BCUT2D eigenvalue weighted by Gasteiger charge is -2.22. The van der Waals surface area contributed by atoms with E-state index in [0.717, 1.165) is 25.6 Å². The third-order valence-electron chi connectivity index (χ3n) is 3.76. The van der Waals surface area contributed by atoms with Crippen molar-refractivity contribution < 1.29 is 4.74 Å². The van der Waals surface area contributed by atoms with E-state index in [1.54, 1.807) is 0 Å². The first kappa shape index (κ1) is 11.4. The molecule has 1 aliphatic heterocycles. The van der Waals surface area contributed by atoms with Crippen molar-refractivity contribution in [2.24, 2.45) is 11.3 Å². The van der Waals surface area contributed by atoms with Crippen LogP contribution in [0.2, 0.25) is 0 Å². The van der Waals surface area contributed by atoms with Gasteiger partial charge in [-0.2, -0.15) is 0 Å². The van der Waals surface area contributed by atoms with E-state index in [1.807, 2.05) is 0 Å². The van der Waals surface area contributed by atoms with E-state index < -0.39 is 0 Å². The molecular formula is C13H25NO. The lowest BCUT2D eigenvalue weighted by atomic mass is 9.95. The zero-order valence-corrected chi connectivity index (χ0v) is 10.2. The lowest BCUT2D eigenvalue weighted by molar-refractivity contribution is 0.0144. The number of rotatable bonds is 2. The topological polar surface area (TPSA) is 21.3 Å². The molecule has 2 aliphatic rings. The molecule has 0 aromatic rings. The normalized spacial score (nSPS) is 32.8. The fourth-order valence-electron chi connectivity index (χ4n) is 2.79. The number of ether oxygens (including phenoxy) is 1. The van der Waals surface area contributed by atoms with Crippen LogP contribution >= 0.6 is 0 Å². The van der Waals surface area contributed by atoms with E-state index in [-0.39, 0.29) is 0 Å². The van der Waals surface area contributed by atoms with Crippen molar-refractivity contribution in [2.75, 3.05) is 19.7 Å². The van der Waals surface area contributed by atoms with Gasteiger partial charge in [-0.1, -0.05) is 39.5 Å². The first-order valence-corrected chi connectivity index (χ1v) is 6.48. The molecule has 88 valence electrons. The highest BCUT2D eigenvalue weighted by molar-refractivity contribution is 4.80. The van der Waals surface area contributed by atoms with Gasteiger partial charge in [0.05, 0.1) is 12.7 Å². The summed E-state index contributed by atoms with van der Waals surface area (Å²) in [4.78, 5) is 0. The lowest BCUT2D eigenvalue weighted by Crippen LogP contribution is -2.30. The quantitative estimate of drug-likeness (QED) is 0.758. The van der Waals surface area contributed by atoms with Crippen molar-refractivity contribution in [3.63, 3.8) is 0 Å². The second-order valence-corrected chi connectivity index (χ2v) is 6.11. The standard InChI is InChI=1S/C13H25NO/c1-13(2)9-14-8-12(15-10-13)7-11-5-3-4-6-11/h11-12,14H,3-10H2,1-2H3. The Morgan fingerprint density at radius 1 is 1.27 bits per heavy atom. The minimum absolute atomic E-state index is 0.310. The Bertz CT molecular complexity index is 197. The van der Waals surface area contributed by atoms with E-state index in [9.17, 15) is 0 Å². The summed E-state index contributed by atoms with van der Waals surface area (Å²) in [7, 11) is 0. The van der Waals surface area contributed by atoms with Crippen LogP contribution in [0.1, 0.15) is 46.0 Å². The van der Waals surface area contributed by atoms with Crippen molar-refractivity contribution in [3.05, 3.63) is 0 Å². The summed E-state index contributed by atoms with van der Waals surface area (Å²) < 4.78 is 6.02. The van der Waals surface area contributed by atoms with Gasteiger partial charge in [0.2, 0.25) is 0 Å². The van der Waals surface area contributed by atoms with Crippen LogP contribution in [0.15, 0.2) is 0 Å². The summed E-state index contributed by atoms with van der Waals surface area (Å²) in [6, 6.07) is 0. The molecule has 0 bridgehead atoms. The van der Waals surface area contributed by atoms with Crippen LogP contribution in [-0.4, -0.2) is 25.8 Å². The van der Waals surface area contributed by atoms with Gasteiger partial charge in [0.1, 0.15) is 0 Å². The van der Waals surface area contributed by atoms with E-state index >= 15 is 0 Å². The van der Waals surface area contributed by atoms with Crippen LogP contribution in [-0.2, 0) is 4.74 Å². The van der Waals surface area contributed by atoms with Crippen LogP contribution in [0.4, 0.5) is 0 Å². The van der Waals surface area contributed by atoms with Crippen LogP contribution in [0.25, 0.3) is 0 Å². The smallest absolute Gasteiger partial charge is 0.0702 e. The van der Waals surface area contributed by atoms with Gasteiger partial charge in [-0.05, 0) is 12.3 Å². The molecule has 1 unspecified atom stereocenters. The number of hydrogen-bond donors (Lipinski definition) is 1. The molecule has 1 heterocycles. The largest absolute Gasteiger partial charge is 0.376 e. The molecule has 1 atom stereocenters. The Morgan fingerprint density at radius 2 is 2.00 bits per heavy atom. The molecule has 2 nitrogen and oxygen atoms in total. The maximum atomic E-state index is 6.02. The molecule has 2 heteroatoms. The Balaban J connectivity index is 1.78. The van der Waals surface area contributed by atoms with Gasteiger partial charge in [0.15, 0.2) is 0 Å². The second-order valence-electron chi connectivity index (χ2n) is 6.11. The van der Waals surface area contributed by atoms with E-state index in [1.165, 1.54) is 32.1 Å². The molecule has 0 aromatic carbocycles. The summed E-state index contributed by atoms with van der Waals surface area (Å²) in [5.41, 5.74) is 0.310. The van der Waals surface area contributed by atoms with Gasteiger partial charge in [0.25, 0.3) is 0 Å². The molecule has 1 saturated heterocycles. The minimum atomic E-state index is 0.310. The summed E-state index contributed by atoms with van der Waals surface area (Å²) in [6.07, 6.45) is 7.50. The molecule has 15 heavy (non-hydrogen) atoms. The van der Waals surface area contributed by atoms with Gasteiger partial charge in [0, 0.05) is 18.5 Å². The van der Waals surface area contributed by atoms with Crippen LogP contribution in [0.3, 0.4) is 0 Å². The number of nitrogens with one attached hydrogen (secondary N) is 1. The Hall–Kier alpha value is -0.0800. The molecule has 1 aliphatic carbocycles.